The molecule has 0 aliphatic rings. The van der Waals surface area contributed by atoms with Gasteiger partial charge in [-0.1, -0.05) is 148 Å². The van der Waals surface area contributed by atoms with Crippen molar-refractivity contribution in [1.29, 1.82) is 0 Å². The molecule has 0 aromatic carbocycles. The molecule has 0 aromatic rings. The van der Waals surface area contributed by atoms with Gasteiger partial charge in [-0.15, -0.1) is 0 Å². The molecule has 0 spiro atoms. The van der Waals surface area contributed by atoms with Gasteiger partial charge in [-0.05, 0) is 38.5 Å². The summed E-state index contributed by atoms with van der Waals surface area (Å²) in [6.45, 7) is 4.66. The average Bonchev–Trinajstić information content (AvgIpc) is 3.02. The lowest BCUT2D eigenvalue weighted by atomic mass is 10.0. The van der Waals surface area contributed by atoms with Crippen LogP contribution < -0.4 is 10.2 Å². The lowest BCUT2D eigenvalue weighted by Gasteiger charge is -2.30. The summed E-state index contributed by atoms with van der Waals surface area (Å²) >= 11 is 0. The maximum Gasteiger partial charge on any atom is 0.268 e. The van der Waals surface area contributed by atoms with Crippen molar-refractivity contribution in [3.63, 3.8) is 0 Å². The highest BCUT2D eigenvalue weighted by Crippen LogP contribution is 2.38. The zero-order valence-electron chi connectivity index (χ0n) is 32.2. The van der Waals surface area contributed by atoms with E-state index < -0.39 is 20.0 Å². The van der Waals surface area contributed by atoms with Gasteiger partial charge in [0.25, 0.3) is 7.82 Å². The van der Waals surface area contributed by atoms with E-state index in [1.807, 2.05) is 21.1 Å². The molecule has 0 heterocycles. The van der Waals surface area contributed by atoms with Gasteiger partial charge in [0, 0.05) is 6.42 Å². The Bertz CT molecular complexity index is 804. The summed E-state index contributed by atoms with van der Waals surface area (Å²) < 4.78 is 23.1. The smallest absolute Gasteiger partial charge is 0.268 e. The number of nitrogens with one attached hydrogen (secondary N) is 1. The number of amides is 1. The molecule has 3 atom stereocenters. The molecular formula is C39H79N2O6P. The molecule has 0 aliphatic carbocycles. The maximum atomic E-state index is 12.8. The maximum absolute atomic E-state index is 12.8. The monoisotopic (exact) mass is 703 g/mol. The quantitative estimate of drug-likeness (QED) is 0.0291. The van der Waals surface area contributed by atoms with E-state index >= 15 is 0 Å². The molecule has 0 rings (SSSR count). The normalized spacial score (nSPS) is 14.7. The minimum absolute atomic E-state index is 0.00916. The molecule has 2 N–H and O–H groups in total. The molecule has 0 saturated heterocycles. The Hall–Kier alpha value is -0.760. The van der Waals surface area contributed by atoms with Crippen molar-refractivity contribution in [2.24, 2.45) is 0 Å². The number of allylic oxidation sites excluding steroid dienone is 2. The van der Waals surface area contributed by atoms with E-state index in [-0.39, 0.29) is 19.1 Å². The summed E-state index contributed by atoms with van der Waals surface area (Å²) in [5, 5.41) is 13.8. The van der Waals surface area contributed by atoms with Crippen molar-refractivity contribution in [2.75, 3.05) is 40.9 Å². The van der Waals surface area contributed by atoms with Gasteiger partial charge in [0.05, 0.1) is 39.9 Å². The van der Waals surface area contributed by atoms with Gasteiger partial charge in [-0.2, -0.15) is 0 Å². The van der Waals surface area contributed by atoms with E-state index in [0.29, 0.717) is 23.9 Å². The van der Waals surface area contributed by atoms with Crippen LogP contribution in [0.3, 0.4) is 0 Å². The van der Waals surface area contributed by atoms with Gasteiger partial charge in [0.15, 0.2) is 0 Å². The molecule has 1 amide bonds. The molecule has 48 heavy (non-hydrogen) atoms. The standard InChI is InChI=1S/C39H79N2O6P/c1-6-8-10-12-14-16-18-19-20-21-22-23-25-27-29-31-33-39(43)40-37(36-47-48(44,45)46-35-34-41(3,4)5)38(42)32-30-28-26-24-17-15-13-11-9-7-2/h17,24,37-38,42H,6-16,18-23,25-36H2,1-5H3,(H-,40,43,44,45)/b24-17+/t37-,38+/m0/s1. The molecule has 0 aromatic heterocycles. The Morgan fingerprint density at radius 2 is 1.15 bits per heavy atom. The topological polar surface area (TPSA) is 108 Å². The van der Waals surface area contributed by atoms with E-state index in [4.69, 9.17) is 9.05 Å². The second-order valence-electron chi connectivity index (χ2n) is 15.0. The minimum Gasteiger partial charge on any atom is -0.756 e. The van der Waals surface area contributed by atoms with Gasteiger partial charge in [-0.3, -0.25) is 9.36 Å². The summed E-state index contributed by atoms with van der Waals surface area (Å²) in [6.07, 6.45) is 33.6. The number of hydrogen-bond donors (Lipinski definition) is 2. The Morgan fingerprint density at radius 3 is 1.62 bits per heavy atom. The molecule has 286 valence electrons. The number of quaternary nitrogens is 1. The predicted molar refractivity (Wildman–Crippen MR) is 201 cm³/mol. The van der Waals surface area contributed by atoms with Crippen LogP contribution in [-0.4, -0.2) is 68.5 Å². The van der Waals surface area contributed by atoms with Crippen molar-refractivity contribution in [3.05, 3.63) is 12.2 Å². The first-order valence-corrected chi connectivity index (χ1v) is 21.5. The number of likely N-dealkylation sites (N-methyl/N-ethyl adjacent to an activating group) is 1. The van der Waals surface area contributed by atoms with E-state index in [9.17, 15) is 19.4 Å². The zero-order valence-corrected chi connectivity index (χ0v) is 33.1. The third-order valence-electron chi connectivity index (χ3n) is 9.00. The van der Waals surface area contributed by atoms with Crippen LogP contribution in [0.1, 0.15) is 181 Å². The van der Waals surface area contributed by atoms with Crippen molar-refractivity contribution >= 4 is 13.7 Å². The number of aliphatic hydroxyl groups excluding tert-OH is 1. The molecule has 0 radical (unpaired) electrons. The van der Waals surface area contributed by atoms with Crippen LogP contribution in [0.15, 0.2) is 12.2 Å². The van der Waals surface area contributed by atoms with E-state index in [0.717, 1.165) is 44.9 Å². The Labute approximate surface area is 297 Å². The first-order valence-electron chi connectivity index (χ1n) is 20.0. The second kappa shape index (κ2) is 32.2. The van der Waals surface area contributed by atoms with Crippen molar-refractivity contribution in [3.8, 4) is 0 Å². The molecule has 9 heteroatoms. The van der Waals surface area contributed by atoms with E-state index in [1.54, 1.807) is 0 Å². The highest BCUT2D eigenvalue weighted by Gasteiger charge is 2.24. The lowest BCUT2D eigenvalue weighted by Crippen LogP contribution is -2.46. The van der Waals surface area contributed by atoms with Crippen LogP contribution >= 0.6 is 7.82 Å². The number of carbonyl (C=O) groups is 1. The van der Waals surface area contributed by atoms with Crippen LogP contribution in [0.4, 0.5) is 0 Å². The molecule has 0 fully saturated rings. The summed E-state index contributed by atoms with van der Waals surface area (Å²) in [7, 11) is 1.29. The van der Waals surface area contributed by atoms with Crippen LogP contribution in [0.2, 0.25) is 0 Å². The largest absolute Gasteiger partial charge is 0.756 e. The third kappa shape index (κ3) is 33.7. The number of unbranched alkanes of at least 4 members (excludes halogenated alkanes) is 21. The average molecular weight is 703 g/mol. The second-order valence-corrected chi connectivity index (χ2v) is 16.4. The first kappa shape index (κ1) is 47.2. The molecular weight excluding hydrogens is 623 g/mol. The summed E-state index contributed by atoms with van der Waals surface area (Å²) in [5.74, 6) is -0.175. The minimum atomic E-state index is -4.56. The number of hydrogen-bond acceptors (Lipinski definition) is 6. The van der Waals surface area contributed by atoms with Gasteiger partial charge in [0.2, 0.25) is 5.91 Å². The fraction of sp³-hybridized carbons (Fsp3) is 0.923. The van der Waals surface area contributed by atoms with E-state index in [1.165, 1.54) is 109 Å². The van der Waals surface area contributed by atoms with Crippen molar-refractivity contribution in [2.45, 2.75) is 193 Å². The molecule has 0 bridgehead atoms. The highest BCUT2D eigenvalue weighted by molar-refractivity contribution is 7.45. The third-order valence-corrected chi connectivity index (χ3v) is 9.97. The van der Waals surface area contributed by atoms with Gasteiger partial charge < -0.3 is 28.8 Å². The molecule has 1 unspecified atom stereocenters. The fourth-order valence-electron chi connectivity index (χ4n) is 5.74. The molecule has 8 nitrogen and oxygen atoms in total. The van der Waals surface area contributed by atoms with Crippen LogP contribution in [0.25, 0.3) is 0 Å². The van der Waals surface area contributed by atoms with Gasteiger partial charge in [-0.25, -0.2) is 0 Å². The number of carbonyl (C=O) groups excluding carboxylic acids is 1. The fourth-order valence-corrected chi connectivity index (χ4v) is 6.46. The first-order chi connectivity index (χ1) is 23.0. The Kier molecular flexibility index (Phi) is 31.7. The molecule has 0 aliphatic heterocycles. The van der Waals surface area contributed by atoms with Gasteiger partial charge >= 0.3 is 0 Å². The number of aliphatic hydroxyl groups is 1. The summed E-state index contributed by atoms with van der Waals surface area (Å²) in [6, 6.07) is -0.808. The Balaban J connectivity index is 4.39. The van der Waals surface area contributed by atoms with E-state index in [2.05, 4.69) is 31.3 Å². The Morgan fingerprint density at radius 1 is 0.708 bits per heavy atom. The van der Waals surface area contributed by atoms with Gasteiger partial charge in [0.1, 0.15) is 13.2 Å². The SMILES string of the molecule is CCCCCC/C=C/CCCC[C@@H](O)[C@H](COP(=O)([O-])OCC[N+](C)(C)C)NC(=O)CCCCCCCCCCCCCCCCCC. The van der Waals surface area contributed by atoms with Crippen LogP contribution in [0.5, 0.6) is 0 Å². The highest BCUT2D eigenvalue weighted by atomic mass is 31.2. The van der Waals surface area contributed by atoms with Crippen molar-refractivity contribution in [1.82, 2.24) is 5.32 Å². The van der Waals surface area contributed by atoms with Crippen molar-refractivity contribution < 1.29 is 32.9 Å². The number of nitrogens with zero attached hydrogens (tertiary/aromatic N) is 1. The number of rotatable bonds is 36. The predicted octanol–water partition coefficient (Wildman–Crippen LogP) is 9.78. The number of phosphoric acid groups is 1. The van der Waals surface area contributed by atoms with Crippen LogP contribution in [-0.2, 0) is 18.4 Å². The summed E-state index contributed by atoms with van der Waals surface area (Å²) in [4.78, 5) is 25.2. The molecule has 0 saturated carbocycles. The van der Waals surface area contributed by atoms with Crippen LogP contribution in [0, 0.1) is 0 Å². The number of phosphoric ester groups is 1. The zero-order chi connectivity index (χ0) is 35.8. The lowest BCUT2D eigenvalue weighted by molar-refractivity contribution is -0.870. The summed E-state index contributed by atoms with van der Waals surface area (Å²) in [5.41, 5.74) is 0.